The zero-order valence-corrected chi connectivity index (χ0v) is 12.9. The summed E-state index contributed by atoms with van der Waals surface area (Å²) in [7, 11) is 2.73. The number of halogens is 2. The molecule has 0 aliphatic rings. The van der Waals surface area contributed by atoms with Crippen LogP contribution in [-0.4, -0.2) is 35.5 Å². The Hall–Kier alpha value is -1.22. The Morgan fingerprint density at radius 1 is 1.35 bits per heavy atom. The number of rotatable bonds is 4. The topological polar surface area (TPSA) is 87.0 Å². The van der Waals surface area contributed by atoms with Gasteiger partial charge in [0.15, 0.2) is 11.0 Å². The van der Waals surface area contributed by atoms with Crippen molar-refractivity contribution in [3.8, 4) is 5.82 Å². The van der Waals surface area contributed by atoms with E-state index in [1.807, 2.05) is 0 Å². The number of aromatic nitrogens is 4. The van der Waals surface area contributed by atoms with Gasteiger partial charge in [-0.2, -0.15) is 10.2 Å². The van der Waals surface area contributed by atoms with Crippen LogP contribution in [0, 0.1) is 6.92 Å². The van der Waals surface area contributed by atoms with Crippen molar-refractivity contribution in [3.05, 3.63) is 28.7 Å². The van der Waals surface area contributed by atoms with Crippen molar-refractivity contribution in [2.75, 3.05) is 7.11 Å². The molecule has 20 heavy (non-hydrogen) atoms. The molecule has 0 amide bonds. The summed E-state index contributed by atoms with van der Waals surface area (Å²) in [6, 6.07) is 3.31. The highest BCUT2D eigenvalue weighted by atomic mass is 35.7. The molecular formula is C10H10Cl2N4O3S. The zero-order chi connectivity index (χ0) is 14.9. The van der Waals surface area contributed by atoms with E-state index in [0.717, 1.165) is 4.68 Å². The van der Waals surface area contributed by atoms with Crippen molar-refractivity contribution in [1.29, 1.82) is 0 Å². The average Bonchev–Trinajstić information content (AvgIpc) is 2.67. The van der Waals surface area contributed by atoms with E-state index in [-0.39, 0.29) is 28.2 Å². The van der Waals surface area contributed by atoms with E-state index >= 15 is 0 Å². The molecule has 0 saturated carbocycles. The van der Waals surface area contributed by atoms with Crippen molar-refractivity contribution >= 4 is 31.3 Å². The fourth-order valence-electron chi connectivity index (χ4n) is 1.55. The second-order valence-corrected chi connectivity index (χ2v) is 6.74. The lowest BCUT2D eigenvalue weighted by Crippen LogP contribution is -2.02. The van der Waals surface area contributed by atoms with Gasteiger partial charge < -0.3 is 4.74 Å². The zero-order valence-electron chi connectivity index (χ0n) is 10.5. The van der Waals surface area contributed by atoms with Gasteiger partial charge in [0, 0.05) is 17.8 Å². The molecule has 0 aliphatic heterocycles. The van der Waals surface area contributed by atoms with E-state index in [1.54, 1.807) is 19.1 Å². The molecule has 2 aromatic heterocycles. The van der Waals surface area contributed by atoms with Gasteiger partial charge >= 0.3 is 0 Å². The van der Waals surface area contributed by atoms with Crippen LogP contribution in [0.15, 0.2) is 17.0 Å². The van der Waals surface area contributed by atoms with Gasteiger partial charge in [0.1, 0.15) is 10.6 Å². The Morgan fingerprint density at radius 3 is 2.55 bits per heavy atom. The molecule has 2 heterocycles. The minimum Gasteiger partial charge on any atom is -0.378 e. The smallest absolute Gasteiger partial charge is 0.266 e. The monoisotopic (exact) mass is 336 g/mol. The average molecular weight is 337 g/mol. The van der Waals surface area contributed by atoms with E-state index < -0.39 is 9.05 Å². The summed E-state index contributed by atoms with van der Waals surface area (Å²) in [5, 5.41) is 11.7. The predicted octanol–water partition coefficient (Wildman–Crippen LogP) is 1.70. The van der Waals surface area contributed by atoms with Gasteiger partial charge in [-0.3, -0.25) is 0 Å². The molecule has 7 nitrogen and oxygen atoms in total. The van der Waals surface area contributed by atoms with Crippen LogP contribution in [0.4, 0.5) is 0 Å². The number of hydrogen-bond donors (Lipinski definition) is 0. The first kappa shape index (κ1) is 15.2. The molecule has 0 spiro atoms. The Kier molecular flexibility index (Phi) is 4.28. The maximum atomic E-state index is 11.6. The summed E-state index contributed by atoms with van der Waals surface area (Å²) in [6.07, 6.45) is 0. The number of ether oxygens (including phenoxy) is 1. The molecule has 2 rings (SSSR count). The second kappa shape index (κ2) is 5.65. The normalized spacial score (nSPS) is 11.8. The molecule has 2 aromatic rings. The van der Waals surface area contributed by atoms with Crippen LogP contribution in [0.1, 0.15) is 11.4 Å². The molecule has 0 N–H and O–H groups in total. The van der Waals surface area contributed by atoms with Crippen LogP contribution in [0.5, 0.6) is 0 Å². The lowest BCUT2D eigenvalue weighted by atomic mass is 10.4. The van der Waals surface area contributed by atoms with E-state index in [0.29, 0.717) is 5.69 Å². The Balaban J connectivity index is 2.64. The van der Waals surface area contributed by atoms with E-state index in [4.69, 9.17) is 27.0 Å². The van der Waals surface area contributed by atoms with Crippen LogP contribution in [-0.2, 0) is 20.4 Å². The van der Waals surface area contributed by atoms with Crippen molar-refractivity contribution in [1.82, 2.24) is 20.0 Å². The third-order valence-electron chi connectivity index (χ3n) is 2.38. The number of nitrogens with zero attached hydrogens (tertiary/aromatic N) is 4. The van der Waals surface area contributed by atoms with Crippen LogP contribution in [0.25, 0.3) is 5.82 Å². The standard InChI is InChI=1S/C10H10Cl2N4O3S/c1-6-3-4-8(14-13-6)16-10(11)9(20(12,17)18)7(15-16)5-19-2/h3-4H,5H2,1-2H3. The third kappa shape index (κ3) is 2.93. The lowest BCUT2D eigenvalue weighted by Gasteiger charge is -2.01. The molecule has 0 aliphatic carbocycles. The SMILES string of the molecule is COCc1nn(-c2ccc(C)nn2)c(Cl)c1S(=O)(=O)Cl. The molecule has 0 bridgehead atoms. The molecule has 10 heteroatoms. The fraction of sp³-hybridized carbons (Fsp3) is 0.300. The maximum Gasteiger partial charge on any atom is 0.266 e. The van der Waals surface area contributed by atoms with Gasteiger partial charge in [-0.05, 0) is 19.1 Å². The van der Waals surface area contributed by atoms with Gasteiger partial charge in [-0.15, -0.1) is 5.10 Å². The molecule has 108 valence electrons. The van der Waals surface area contributed by atoms with Crippen molar-refractivity contribution in [2.45, 2.75) is 18.4 Å². The minimum atomic E-state index is -4.05. The molecule has 0 fully saturated rings. The first-order chi connectivity index (χ1) is 9.34. The molecular weight excluding hydrogens is 327 g/mol. The first-order valence-corrected chi connectivity index (χ1v) is 8.05. The predicted molar refractivity (Wildman–Crippen MR) is 72.7 cm³/mol. The summed E-state index contributed by atoms with van der Waals surface area (Å²) in [4.78, 5) is -0.287. The van der Waals surface area contributed by atoms with Crippen LogP contribution in [0.3, 0.4) is 0 Å². The summed E-state index contributed by atoms with van der Waals surface area (Å²) < 4.78 is 29.2. The summed E-state index contributed by atoms with van der Waals surface area (Å²) in [5.74, 6) is 0.282. The Morgan fingerprint density at radius 2 is 2.05 bits per heavy atom. The van der Waals surface area contributed by atoms with E-state index in [2.05, 4.69) is 15.3 Å². The van der Waals surface area contributed by atoms with Crippen molar-refractivity contribution < 1.29 is 13.2 Å². The quantitative estimate of drug-likeness (QED) is 0.789. The summed E-state index contributed by atoms with van der Waals surface area (Å²) >= 11 is 6.04. The van der Waals surface area contributed by atoms with Crippen molar-refractivity contribution in [2.24, 2.45) is 0 Å². The molecule has 0 unspecified atom stereocenters. The largest absolute Gasteiger partial charge is 0.378 e. The Bertz CT molecular complexity index is 728. The third-order valence-corrected chi connectivity index (χ3v) is 4.22. The molecule has 0 aromatic carbocycles. The van der Waals surface area contributed by atoms with Gasteiger partial charge in [0.05, 0.1) is 12.3 Å². The lowest BCUT2D eigenvalue weighted by molar-refractivity contribution is 0.179. The first-order valence-electron chi connectivity index (χ1n) is 5.36. The van der Waals surface area contributed by atoms with E-state index in [9.17, 15) is 8.42 Å². The highest BCUT2D eigenvalue weighted by Gasteiger charge is 2.27. The van der Waals surface area contributed by atoms with Crippen LogP contribution in [0.2, 0.25) is 5.15 Å². The number of methoxy groups -OCH3 is 1. The number of aryl methyl sites for hydroxylation is 1. The number of hydrogen-bond acceptors (Lipinski definition) is 6. The second-order valence-electron chi connectivity index (χ2n) is 3.88. The van der Waals surface area contributed by atoms with Gasteiger partial charge in [0.25, 0.3) is 9.05 Å². The summed E-state index contributed by atoms with van der Waals surface area (Å²) in [5.41, 5.74) is 0.814. The minimum absolute atomic E-state index is 0.0483. The van der Waals surface area contributed by atoms with Crippen LogP contribution >= 0.6 is 22.3 Å². The molecule has 0 radical (unpaired) electrons. The maximum absolute atomic E-state index is 11.6. The van der Waals surface area contributed by atoms with Gasteiger partial charge in [-0.25, -0.2) is 13.1 Å². The highest BCUT2D eigenvalue weighted by molar-refractivity contribution is 8.13. The highest BCUT2D eigenvalue weighted by Crippen LogP contribution is 2.30. The van der Waals surface area contributed by atoms with Crippen LogP contribution < -0.4 is 0 Å². The van der Waals surface area contributed by atoms with Crippen molar-refractivity contribution in [3.63, 3.8) is 0 Å². The van der Waals surface area contributed by atoms with Gasteiger partial charge in [-0.1, -0.05) is 11.6 Å². The van der Waals surface area contributed by atoms with Gasteiger partial charge in [0.2, 0.25) is 0 Å². The summed E-state index contributed by atoms with van der Waals surface area (Å²) in [6.45, 7) is 1.72. The Labute approximate surface area is 124 Å². The van der Waals surface area contributed by atoms with E-state index in [1.165, 1.54) is 7.11 Å². The fourth-order valence-corrected chi connectivity index (χ4v) is 3.37. The molecule has 0 atom stereocenters. The molecule has 0 saturated heterocycles.